The van der Waals surface area contributed by atoms with Gasteiger partial charge in [-0.3, -0.25) is 0 Å². The van der Waals surface area contributed by atoms with Crippen LogP contribution in [0.1, 0.15) is 0 Å². The van der Waals surface area contributed by atoms with Crippen LogP contribution in [-0.4, -0.2) is 54.0 Å². The van der Waals surface area contributed by atoms with Crippen LogP contribution in [0.5, 0.6) is 0 Å². The second kappa shape index (κ2) is 24.8. The molecule has 0 amide bonds. The van der Waals surface area contributed by atoms with Crippen molar-refractivity contribution in [3.05, 3.63) is 0 Å². The van der Waals surface area contributed by atoms with E-state index >= 15 is 0 Å². The summed E-state index contributed by atoms with van der Waals surface area (Å²) >= 11 is -3.79. The van der Waals surface area contributed by atoms with Gasteiger partial charge < -0.3 is 16.4 Å². The largest absolute Gasteiger partial charge is 2.00 e. The molecule has 6 nitrogen and oxygen atoms in total. The average Bonchev–Trinajstić information content (AvgIpc) is 0.811. The zero-order valence-corrected chi connectivity index (χ0v) is 6.97. The first-order valence-corrected chi connectivity index (χ1v) is 2.60. The SMILES string of the molecule is O.O.O.O=[Se]([O-])[O-].[Mg+2]. The number of rotatable bonds is 0. The maximum Gasteiger partial charge on any atom is 2.00 e. The minimum atomic E-state index is -3.79. The molecule has 0 aromatic carbocycles. The Kier molecular flexibility index (Phi) is 113. The molecule has 50 valence electrons. The van der Waals surface area contributed by atoms with E-state index in [-0.39, 0.29) is 39.5 Å². The Labute approximate surface area is 66.3 Å². The molecule has 0 atom stereocenters. The first-order valence-electron chi connectivity index (χ1n) is 0.500. The van der Waals surface area contributed by atoms with E-state index in [0.717, 1.165) is 0 Å². The Morgan fingerprint density at radius 3 is 1.00 bits per heavy atom. The van der Waals surface area contributed by atoms with Crippen LogP contribution in [0.2, 0.25) is 0 Å². The van der Waals surface area contributed by atoms with E-state index in [1.54, 1.807) is 0 Å². The van der Waals surface area contributed by atoms with Gasteiger partial charge >= 0.3 is 49.8 Å². The molecular formula is H6MgO6Se. The van der Waals surface area contributed by atoms with E-state index in [9.17, 15) is 0 Å². The molecule has 0 saturated heterocycles. The molecule has 6 N–H and O–H groups in total. The summed E-state index contributed by atoms with van der Waals surface area (Å²) in [5.41, 5.74) is 0. The summed E-state index contributed by atoms with van der Waals surface area (Å²) in [6.07, 6.45) is 0. The van der Waals surface area contributed by atoms with Gasteiger partial charge in [-0.05, 0) is 0 Å². The molecule has 0 radical (unpaired) electrons. The molecule has 0 aromatic rings. The van der Waals surface area contributed by atoms with E-state index in [4.69, 9.17) is 12.2 Å². The van der Waals surface area contributed by atoms with Crippen molar-refractivity contribution in [2.45, 2.75) is 0 Å². The average molecular weight is 205 g/mol. The van der Waals surface area contributed by atoms with Crippen LogP contribution < -0.4 is 8.38 Å². The van der Waals surface area contributed by atoms with Gasteiger partial charge in [-0.25, -0.2) is 0 Å². The van der Waals surface area contributed by atoms with Crippen LogP contribution in [-0.2, 0) is 3.83 Å². The Hall–Kier alpha value is 0.886. The standard InChI is InChI=1S/Mg.H2O3Se.3H2O/c;1-4(2)3;;;/h;(H2,1,2,3);3*1H2/q+2;;;;/p-2. The van der Waals surface area contributed by atoms with Gasteiger partial charge in [-0.15, -0.1) is 0 Å². The van der Waals surface area contributed by atoms with Gasteiger partial charge in [-0.1, -0.05) is 0 Å². The second-order valence-corrected chi connectivity index (χ2v) is 1.06. The van der Waals surface area contributed by atoms with Crippen LogP contribution in [0.4, 0.5) is 0 Å². The molecule has 0 aliphatic heterocycles. The molecule has 0 aliphatic carbocycles. The summed E-state index contributed by atoms with van der Waals surface area (Å²) in [6.45, 7) is 0. The van der Waals surface area contributed by atoms with Crippen molar-refractivity contribution in [2.24, 2.45) is 0 Å². The smallest absolute Gasteiger partial charge is 2.00 e. The van der Waals surface area contributed by atoms with Gasteiger partial charge in [0.25, 0.3) is 0 Å². The quantitative estimate of drug-likeness (QED) is 0.361. The van der Waals surface area contributed by atoms with Crippen molar-refractivity contribution >= 4 is 37.5 Å². The van der Waals surface area contributed by atoms with Crippen molar-refractivity contribution in [2.75, 3.05) is 0 Å². The Morgan fingerprint density at radius 2 is 1.00 bits per heavy atom. The Morgan fingerprint density at radius 1 is 1.00 bits per heavy atom. The van der Waals surface area contributed by atoms with Crippen molar-refractivity contribution < 1.29 is 28.6 Å². The van der Waals surface area contributed by atoms with Crippen molar-refractivity contribution in [3.8, 4) is 0 Å². The molecule has 0 aliphatic rings. The molecule has 0 fully saturated rings. The first kappa shape index (κ1) is 36.6. The number of hydrogen-bond donors (Lipinski definition) is 0. The predicted octanol–water partition coefficient (Wildman–Crippen LogP) is -5.73. The van der Waals surface area contributed by atoms with Gasteiger partial charge in [-0.2, -0.15) is 0 Å². The fourth-order valence-corrected chi connectivity index (χ4v) is 0. The predicted molar refractivity (Wildman–Crippen MR) is 23.0 cm³/mol. The third-order valence-electron chi connectivity index (χ3n) is 0. The molecule has 0 saturated carbocycles. The summed E-state index contributed by atoms with van der Waals surface area (Å²) < 4.78 is 25.6. The summed E-state index contributed by atoms with van der Waals surface area (Å²) in [4.78, 5) is 0. The fourth-order valence-electron chi connectivity index (χ4n) is 0. The van der Waals surface area contributed by atoms with E-state index in [0.29, 0.717) is 0 Å². The van der Waals surface area contributed by atoms with Gasteiger partial charge in [0, 0.05) is 0 Å². The van der Waals surface area contributed by atoms with E-state index in [2.05, 4.69) is 0 Å². The molecular weight excluding hydrogens is 199 g/mol. The molecule has 8 heteroatoms. The minimum absolute atomic E-state index is 0. The van der Waals surface area contributed by atoms with Gasteiger partial charge in [0.15, 0.2) is 0 Å². The molecule has 0 heterocycles. The molecule has 8 heavy (non-hydrogen) atoms. The monoisotopic (exact) mass is 206 g/mol. The second-order valence-electron chi connectivity index (χ2n) is 0.204. The van der Waals surface area contributed by atoms with Gasteiger partial charge in [0.2, 0.25) is 0 Å². The fraction of sp³-hybridized carbons (Fsp3) is 0. The topological polar surface area (TPSA) is 158 Å². The van der Waals surface area contributed by atoms with E-state index < -0.39 is 14.5 Å². The van der Waals surface area contributed by atoms with Crippen LogP contribution in [0.15, 0.2) is 0 Å². The van der Waals surface area contributed by atoms with Crippen molar-refractivity contribution in [1.29, 1.82) is 0 Å². The summed E-state index contributed by atoms with van der Waals surface area (Å²) in [7, 11) is 0. The van der Waals surface area contributed by atoms with Gasteiger partial charge in [0.05, 0.1) is 0 Å². The maximum absolute atomic E-state index is 8.54. The number of hydrogen-bond acceptors (Lipinski definition) is 3. The zero-order chi connectivity index (χ0) is 3.58. The van der Waals surface area contributed by atoms with E-state index in [1.165, 1.54) is 0 Å². The molecule has 0 bridgehead atoms. The molecule has 0 rings (SSSR count). The zero-order valence-electron chi connectivity index (χ0n) is 3.84. The minimum Gasteiger partial charge on any atom is 2.00 e. The summed E-state index contributed by atoms with van der Waals surface area (Å²) in [5, 5.41) is 0. The van der Waals surface area contributed by atoms with Crippen LogP contribution >= 0.6 is 0 Å². The van der Waals surface area contributed by atoms with Crippen molar-refractivity contribution in [3.63, 3.8) is 0 Å². The van der Waals surface area contributed by atoms with Crippen LogP contribution in [0.3, 0.4) is 0 Å². The summed E-state index contributed by atoms with van der Waals surface area (Å²) in [5.74, 6) is 0. The third kappa shape index (κ3) is 304. The first-order chi connectivity index (χ1) is 1.73. The van der Waals surface area contributed by atoms with Crippen LogP contribution in [0, 0.1) is 0 Å². The summed E-state index contributed by atoms with van der Waals surface area (Å²) in [6, 6.07) is 0. The Balaban J connectivity index is -0.00000000750. The Bertz CT molecular complexity index is 31.5. The maximum atomic E-state index is 8.54. The third-order valence-corrected chi connectivity index (χ3v) is 0. The van der Waals surface area contributed by atoms with E-state index in [1.807, 2.05) is 0 Å². The van der Waals surface area contributed by atoms with Crippen molar-refractivity contribution in [1.82, 2.24) is 0 Å². The van der Waals surface area contributed by atoms with Crippen LogP contribution in [0.25, 0.3) is 0 Å². The molecule has 0 aromatic heterocycles. The molecule has 0 unspecified atom stereocenters. The normalized spacial score (nSPS) is 4.38. The van der Waals surface area contributed by atoms with Gasteiger partial charge in [0.1, 0.15) is 0 Å². The molecule has 0 spiro atoms.